The molecule has 7 heteroatoms. The number of nitro groups is 1. The Morgan fingerprint density at radius 1 is 1.07 bits per heavy atom. The number of nitrogens with zero attached hydrogens (tertiary/aromatic N) is 3. The second-order valence-corrected chi connectivity index (χ2v) is 6.61. The summed E-state index contributed by atoms with van der Waals surface area (Å²) in [7, 11) is 0. The molecule has 2 heterocycles. The van der Waals surface area contributed by atoms with E-state index in [4.69, 9.17) is 0 Å². The van der Waals surface area contributed by atoms with Crippen LogP contribution in [0.3, 0.4) is 0 Å². The maximum atomic E-state index is 13.1. The number of anilines is 2. The highest BCUT2D eigenvalue weighted by molar-refractivity contribution is 6.06. The van der Waals surface area contributed by atoms with E-state index < -0.39 is 4.92 Å². The Morgan fingerprint density at radius 2 is 1.79 bits per heavy atom. The maximum absolute atomic E-state index is 13.1. The highest BCUT2D eigenvalue weighted by atomic mass is 16.6. The van der Waals surface area contributed by atoms with Crippen LogP contribution in [0.1, 0.15) is 11.1 Å². The second kappa shape index (κ2) is 7.55. The molecule has 0 aliphatic carbocycles. The van der Waals surface area contributed by atoms with Crippen LogP contribution in [0.15, 0.2) is 78.5 Å². The molecular formula is C22H17N3O4. The number of nitro benzene ring substituents is 1. The van der Waals surface area contributed by atoms with Gasteiger partial charge in [0, 0.05) is 29.9 Å². The summed E-state index contributed by atoms with van der Waals surface area (Å²) < 4.78 is 0. The van der Waals surface area contributed by atoms with Gasteiger partial charge in [0.15, 0.2) is 5.78 Å². The molecule has 4 rings (SSSR count). The minimum atomic E-state index is -0.507. The van der Waals surface area contributed by atoms with Crippen molar-refractivity contribution < 1.29 is 14.8 Å². The van der Waals surface area contributed by atoms with Gasteiger partial charge in [-0.05, 0) is 24.3 Å². The summed E-state index contributed by atoms with van der Waals surface area (Å²) >= 11 is 0. The van der Waals surface area contributed by atoms with Crippen molar-refractivity contribution >= 4 is 28.7 Å². The average molecular weight is 387 g/mol. The molecule has 144 valence electrons. The van der Waals surface area contributed by atoms with E-state index in [9.17, 15) is 20.0 Å². The van der Waals surface area contributed by atoms with Gasteiger partial charge < -0.3 is 10.0 Å². The number of carbonyl (C=O) groups excluding carboxylic acids is 1. The molecule has 0 fully saturated rings. The van der Waals surface area contributed by atoms with E-state index in [1.54, 1.807) is 36.5 Å². The third kappa shape index (κ3) is 3.45. The molecule has 0 spiro atoms. The molecule has 0 unspecified atom stereocenters. The molecule has 1 N–H and O–H groups in total. The molecule has 0 saturated heterocycles. The molecule has 7 nitrogen and oxygen atoms in total. The Labute approximate surface area is 166 Å². The fourth-order valence-corrected chi connectivity index (χ4v) is 3.43. The first-order valence-electron chi connectivity index (χ1n) is 9.02. The smallest absolute Gasteiger partial charge is 0.273 e. The summed E-state index contributed by atoms with van der Waals surface area (Å²) in [4.78, 5) is 30.0. The van der Waals surface area contributed by atoms with Gasteiger partial charge in [-0.15, -0.1) is 0 Å². The number of hydrogen-bond donors (Lipinski definition) is 1. The van der Waals surface area contributed by atoms with E-state index in [0.29, 0.717) is 16.9 Å². The average Bonchev–Trinajstić information content (AvgIpc) is 2.75. The molecule has 0 radical (unpaired) electrons. The maximum Gasteiger partial charge on any atom is 0.273 e. The number of aromatic nitrogens is 1. The van der Waals surface area contributed by atoms with Gasteiger partial charge >= 0.3 is 0 Å². The van der Waals surface area contributed by atoms with Crippen LogP contribution in [0.25, 0.3) is 5.76 Å². The van der Waals surface area contributed by atoms with E-state index in [1.165, 1.54) is 6.07 Å². The number of ketones is 1. The van der Waals surface area contributed by atoms with Crippen LogP contribution in [0.4, 0.5) is 17.2 Å². The van der Waals surface area contributed by atoms with Crippen molar-refractivity contribution in [3.8, 4) is 0 Å². The van der Waals surface area contributed by atoms with Gasteiger partial charge in [0.2, 0.25) is 0 Å². The number of rotatable bonds is 5. The molecule has 0 bridgehead atoms. The standard InChI is InChI=1S/C22H17N3O4/c26-20(13-15-7-4-5-11-19(15)25(28)29)18-14-24(16-8-2-1-3-9-16)22-17(21(18)27)10-6-12-23-22/h1-12,27H,13-14H2. The Morgan fingerprint density at radius 3 is 2.55 bits per heavy atom. The first-order chi connectivity index (χ1) is 14.1. The molecular weight excluding hydrogens is 370 g/mol. The highest BCUT2D eigenvalue weighted by Gasteiger charge is 2.30. The lowest BCUT2D eigenvalue weighted by Crippen LogP contribution is -2.30. The molecule has 2 aromatic carbocycles. The molecule has 3 aromatic rings. The first-order valence-corrected chi connectivity index (χ1v) is 9.02. The summed E-state index contributed by atoms with van der Waals surface area (Å²) in [5.74, 6) is 0.0505. The number of aliphatic hydroxyl groups excluding tert-OH is 1. The monoisotopic (exact) mass is 387 g/mol. The first kappa shape index (κ1) is 18.4. The largest absolute Gasteiger partial charge is 0.507 e. The van der Waals surface area contributed by atoms with E-state index in [-0.39, 0.29) is 35.8 Å². The molecule has 1 aliphatic rings. The Kier molecular flexibility index (Phi) is 4.78. The number of fused-ring (bicyclic) bond motifs is 1. The summed E-state index contributed by atoms with van der Waals surface area (Å²) in [6.07, 6.45) is 1.46. The molecule has 0 atom stereocenters. The van der Waals surface area contributed by atoms with Crippen LogP contribution in [-0.4, -0.2) is 27.3 Å². The zero-order chi connectivity index (χ0) is 20.4. The van der Waals surface area contributed by atoms with E-state index >= 15 is 0 Å². The number of aliphatic hydroxyl groups is 1. The third-order valence-corrected chi connectivity index (χ3v) is 4.84. The predicted octanol–water partition coefficient (Wildman–Crippen LogP) is 4.22. The van der Waals surface area contributed by atoms with Crippen molar-refractivity contribution in [3.63, 3.8) is 0 Å². The van der Waals surface area contributed by atoms with E-state index in [1.807, 2.05) is 35.2 Å². The Hall–Kier alpha value is -4.00. The minimum Gasteiger partial charge on any atom is -0.507 e. The van der Waals surface area contributed by atoms with Gasteiger partial charge in [0.05, 0.1) is 22.6 Å². The zero-order valence-corrected chi connectivity index (χ0v) is 15.4. The second-order valence-electron chi connectivity index (χ2n) is 6.61. The topological polar surface area (TPSA) is 96.6 Å². The lowest BCUT2D eigenvalue weighted by molar-refractivity contribution is -0.385. The zero-order valence-electron chi connectivity index (χ0n) is 15.4. The van der Waals surface area contributed by atoms with Crippen LogP contribution in [-0.2, 0) is 11.2 Å². The van der Waals surface area contributed by atoms with Crippen LogP contribution < -0.4 is 4.90 Å². The van der Waals surface area contributed by atoms with Gasteiger partial charge in [-0.3, -0.25) is 14.9 Å². The minimum absolute atomic E-state index is 0.112. The van der Waals surface area contributed by atoms with Gasteiger partial charge in [-0.2, -0.15) is 0 Å². The number of para-hydroxylation sites is 2. The van der Waals surface area contributed by atoms with Crippen molar-refractivity contribution in [3.05, 3.63) is 99.7 Å². The number of pyridine rings is 1. The van der Waals surface area contributed by atoms with Crippen molar-refractivity contribution in [2.45, 2.75) is 6.42 Å². The summed E-state index contributed by atoms with van der Waals surface area (Å²) in [6, 6.07) is 19.0. The van der Waals surface area contributed by atoms with Crippen LogP contribution in [0.2, 0.25) is 0 Å². The number of hydrogen-bond acceptors (Lipinski definition) is 6. The fraction of sp³-hybridized carbons (Fsp3) is 0.0909. The van der Waals surface area contributed by atoms with Gasteiger partial charge in [-0.1, -0.05) is 36.4 Å². The molecule has 0 saturated carbocycles. The van der Waals surface area contributed by atoms with Crippen LogP contribution >= 0.6 is 0 Å². The summed E-state index contributed by atoms with van der Waals surface area (Å²) in [5, 5.41) is 22.0. The predicted molar refractivity (Wildman–Crippen MR) is 109 cm³/mol. The quantitative estimate of drug-likeness (QED) is 0.520. The van der Waals surface area contributed by atoms with Gasteiger partial charge in [0.25, 0.3) is 5.69 Å². The number of carbonyl (C=O) groups is 1. The SMILES string of the molecule is O=C(Cc1ccccc1[N+](=O)[O-])C1=C(O)c2cccnc2N(c2ccccc2)C1. The highest BCUT2D eigenvalue weighted by Crippen LogP contribution is 2.37. The van der Waals surface area contributed by atoms with E-state index in [2.05, 4.69) is 4.98 Å². The third-order valence-electron chi connectivity index (χ3n) is 4.84. The van der Waals surface area contributed by atoms with Gasteiger partial charge in [-0.25, -0.2) is 4.98 Å². The van der Waals surface area contributed by atoms with Crippen molar-refractivity contribution in [1.29, 1.82) is 0 Å². The van der Waals surface area contributed by atoms with Crippen LogP contribution in [0.5, 0.6) is 0 Å². The Bertz CT molecular complexity index is 1130. The normalized spacial score (nSPS) is 13.2. The van der Waals surface area contributed by atoms with Crippen molar-refractivity contribution in [1.82, 2.24) is 4.98 Å². The van der Waals surface area contributed by atoms with Gasteiger partial charge in [0.1, 0.15) is 11.6 Å². The summed E-state index contributed by atoms with van der Waals surface area (Å²) in [5.41, 5.74) is 1.68. The summed E-state index contributed by atoms with van der Waals surface area (Å²) in [6.45, 7) is 0.124. The molecule has 0 amide bonds. The Balaban J connectivity index is 1.74. The number of Topliss-reactive ketones (excluding diaryl/α,β-unsaturated/α-hetero) is 1. The van der Waals surface area contributed by atoms with Crippen LogP contribution in [0, 0.1) is 10.1 Å². The fourth-order valence-electron chi connectivity index (χ4n) is 3.43. The molecule has 1 aromatic heterocycles. The number of benzene rings is 2. The van der Waals surface area contributed by atoms with E-state index in [0.717, 1.165) is 5.69 Å². The van der Waals surface area contributed by atoms with Crippen molar-refractivity contribution in [2.75, 3.05) is 11.4 Å². The van der Waals surface area contributed by atoms with Crippen molar-refractivity contribution in [2.24, 2.45) is 0 Å². The molecule has 29 heavy (non-hydrogen) atoms. The lowest BCUT2D eigenvalue weighted by Gasteiger charge is -2.31. The molecule has 1 aliphatic heterocycles. The lowest BCUT2D eigenvalue weighted by atomic mass is 9.95.